The predicted octanol–water partition coefficient (Wildman–Crippen LogP) is 2.50. The lowest BCUT2D eigenvalue weighted by Gasteiger charge is -2.11. The van der Waals surface area contributed by atoms with Gasteiger partial charge < -0.3 is 14.9 Å². The lowest BCUT2D eigenvalue weighted by molar-refractivity contribution is 0.0809. The second-order valence-electron chi connectivity index (χ2n) is 5.84. The Bertz CT molecular complexity index is 1160. The summed E-state index contributed by atoms with van der Waals surface area (Å²) in [6.07, 6.45) is 1.73. The van der Waals surface area contributed by atoms with Gasteiger partial charge in [0.1, 0.15) is 28.0 Å². The number of nitrogens with two attached hydrogens (primary N) is 1. The first-order chi connectivity index (χ1) is 12.8. The number of carbonyl (C=O) groups is 1. The van der Waals surface area contributed by atoms with Gasteiger partial charge in [0.15, 0.2) is 12.4 Å². The van der Waals surface area contributed by atoms with Gasteiger partial charge in [-0.1, -0.05) is 0 Å². The topological polar surface area (TPSA) is 124 Å². The monoisotopic (exact) mass is 384 g/mol. The summed E-state index contributed by atoms with van der Waals surface area (Å²) in [4.78, 5) is 24.0. The van der Waals surface area contributed by atoms with Crippen molar-refractivity contribution in [3.05, 3.63) is 45.3 Å². The number of benzene rings is 1. The summed E-state index contributed by atoms with van der Waals surface area (Å²) in [5.41, 5.74) is 7.37. The molecule has 138 valence electrons. The largest absolute Gasteiger partial charge is 0.483 e. The van der Waals surface area contributed by atoms with Crippen molar-refractivity contribution in [1.29, 1.82) is 5.26 Å². The summed E-state index contributed by atoms with van der Waals surface area (Å²) in [6, 6.07) is 6.76. The molecule has 0 saturated heterocycles. The molecular weight excluding hydrogens is 368 g/mol. The van der Waals surface area contributed by atoms with E-state index in [9.17, 15) is 9.59 Å². The predicted molar refractivity (Wildman–Crippen MR) is 101 cm³/mol. The van der Waals surface area contributed by atoms with Crippen LogP contribution in [0.2, 0.25) is 0 Å². The molecule has 0 radical (unpaired) electrons. The van der Waals surface area contributed by atoms with Crippen molar-refractivity contribution in [1.82, 2.24) is 9.78 Å². The minimum Gasteiger partial charge on any atom is -0.483 e. The SMILES string of the molecule is CSc1c(C#N)c(N)nn1C(=O)COc1cc2c(C)cc(=O)oc2cc1C. The van der Waals surface area contributed by atoms with Gasteiger partial charge in [0.25, 0.3) is 5.91 Å². The highest BCUT2D eigenvalue weighted by Crippen LogP contribution is 2.27. The number of nitrogens with zero attached hydrogens (tertiary/aromatic N) is 3. The highest BCUT2D eigenvalue weighted by Gasteiger charge is 2.20. The van der Waals surface area contributed by atoms with E-state index in [4.69, 9.17) is 20.1 Å². The molecule has 0 aliphatic rings. The minimum absolute atomic E-state index is 0.00254. The molecule has 0 spiro atoms. The van der Waals surface area contributed by atoms with Gasteiger partial charge in [0.2, 0.25) is 0 Å². The maximum Gasteiger partial charge on any atom is 0.336 e. The van der Waals surface area contributed by atoms with Gasteiger partial charge in [-0.15, -0.1) is 16.9 Å². The third kappa shape index (κ3) is 3.39. The quantitative estimate of drug-likeness (QED) is 0.537. The van der Waals surface area contributed by atoms with Gasteiger partial charge >= 0.3 is 5.63 Å². The van der Waals surface area contributed by atoms with Gasteiger partial charge in [0, 0.05) is 11.5 Å². The number of ether oxygens (including phenoxy) is 1. The summed E-state index contributed by atoms with van der Waals surface area (Å²) >= 11 is 1.21. The zero-order chi connectivity index (χ0) is 19.7. The van der Waals surface area contributed by atoms with E-state index in [2.05, 4.69) is 5.10 Å². The fourth-order valence-corrected chi connectivity index (χ4v) is 3.35. The number of fused-ring (bicyclic) bond motifs is 1. The average molecular weight is 384 g/mol. The van der Waals surface area contributed by atoms with Crippen LogP contribution in [0.4, 0.5) is 5.82 Å². The van der Waals surface area contributed by atoms with Gasteiger partial charge in [0.05, 0.1) is 0 Å². The number of hydrogen-bond acceptors (Lipinski definition) is 8. The zero-order valence-electron chi connectivity index (χ0n) is 14.9. The number of nitrogen functional groups attached to an aromatic ring is 1. The summed E-state index contributed by atoms with van der Waals surface area (Å²) in [5, 5.41) is 14.2. The van der Waals surface area contributed by atoms with Crippen molar-refractivity contribution in [2.75, 3.05) is 18.6 Å². The molecule has 27 heavy (non-hydrogen) atoms. The van der Waals surface area contributed by atoms with Crippen LogP contribution in [0.3, 0.4) is 0 Å². The molecule has 0 aliphatic carbocycles. The molecule has 0 atom stereocenters. The third-order valence-electron chi connectivity index (χ3n) is 4.01. The van der Waals surface area contributed by atoms with E-state index in [1.165, 1.54) is 17.8 Å². The van der Waals surface area contributed by atoms with Crippen LogP contribution in [-0.2, 0) is 0 Å². The van der Waals surface area contributed by atoms with E-state index in [0.29, 0.717) is 21.9 Å². The molecule has 0 unspecified atom stereocenters. The van der Waals surface area contributed by atoms with E-state index >= 15 is 0 Å². The molecule has 8 nitrogen and oxygen atoms in total. The Kier molecular flexibility index (Phi) is 4.92. The standard InChI is InChI=1S/C18H16N4O4S/c1-9-5-16(24)26-14-4-10(2)13(6-11(9)14)25-8-15(23)22-18(27-3)12(7-19)17(20)21-22/h4-6H,8H2,1-3H3,(H2,20,21). The number of nitriles is 1. The van der Waals surface area contributed by atoms with Crippen LogP contribution in [0.1, 0.15) is 21.5 Å². The van der Waals surface area contributed by atoms with Crippen LogP contribution in [0.15, 0.2) is 32.4 Å². The van der Waals surface area contributed by atoms with E-state index in [1.807, 2.05) is 6.07 Å². The molecule has 2 N–H and O–H groups in total. The lowest BCUT2D eigenvalue weighted by atomic mass is 10.1. The molecule has 0 amide bonds. The molecule has 1 aromatic carbocycles. The lowest BCUT2D eigenvalue weighted by Crippen LogP contribution is -2.21. The van der Waals surface area contributed by atoms with Gasteiger partial charge in [-0.05, 0) is 43.4 Å². The molecule has 0 saturated carbocycles. The van der Waals surface area contributed by atoms with E-state index in [-0.39, 0.29) is 18.0 Å². The van der Waals surface area contributed by atoms with Crippen LogP contribution in [0, 0.1) is 25.2 Å². The van der Waals surface area contributed by atoms with Crippen LogP contribution >= 0.6 is 11.8 Å². The Morgan fingerprint density at radius 3 is 2.78 bits per heavy atom. The summed E-state index contributed by atoms with van der Waals surface area (Å²) < 4.78 is 11.9. The van der Waals surface area contributed by atoms with Crippen LogP contribution in [0.5, 0.6) is 5.75 Å². The zero-order valence-corrected chi connectivity index (χ0v) is 15.7. The number of aromatic nitrogens is 2. The smallest absolute Gasteiger partial charge is 0.336 e. The molecule has 0 aliphatic heterocycles. The van der Waals surface area contributed by atoms with Gasteiger partial charge in [-0.3, -0.25) is 4.79 Å². The number of aryl methyl sites for hydroxylation is 2. The molecule has 2 heterocycles. The summed E-state index contributed by atoms with van der Waals surface area (Å²) in [7, 11) is 0. The van der Waals surface area contributed by atoms with Crippen LogP contribution < -0.4 is 16.1 Å². The van der Waals surface area contributed by atoms with Gasteiger partial charge in [-0.2, -0.15) is 9.94 Å². The molecule has 3 rings (SSSR count). The molecular formula is C18H16N4O4S. The van der Waals surface area contributed by atoms with E-state index in [1.54, 1.807) is 32.2 Å². The van der Waals surface area contributed by atoms with Crippen LogP contribution in [0.25, 0.3) is 11.0 Å². The van der Waals surface area contributed by atoms with E-state index in [0.717, 1.165) is 15.6 Å². The third-order valence-corrected chi connectivity index (χ3v) is 4.77. The molecule has 3 aromatic rings. The van der Waals surface area contributed by atoms with E-state index < -0.39 is 11.5 Å². The second kappa shape index (κ2) is 7.17. The average Bonchev–Trinajstić information content (AvgIpc) is 2.95. The fourth-order valence-electron chi connectivity index (χ4n) is 2.68. The first kappa shape index (κ1) is 18.5. The first-order valence-corrected chi connectivity index (χ1v) is 9.12. The highest BCUT2D eigenvalue weighted by atomic mass is 32.2. The normalized spacial score (nSPS) is 10.7. The second-order valence-corrected chi connectivity index (χ2v) is 6.63. The Labute approximate surface area is 158 Å². The van der Waals surface area contributed by atoms with Crippen LogP contribution in [-0.4, -0.2) is 28.6 Å². The fraction of sp³-hybridized carbons (Fsp3) is 0.222. The Hall–Kier alpha value is -3.25. The minimum atomic E-state index is -0.455. The van der Waals surface area contributed by atoms with Crippen molar-refractivity contribution in [2.24, 2.45) is 0 Å². The Balaban J connectivity index is 1.89. The maximum atomic E-state index is 12.5. The van der Waals surface area contributed by atoms with Crippen molar-refractivity contribution in [3.63, 3.8) is 0 Å². The molecule has 0 fully saturated rings. The number of thioether (sulfide) groups is 1. The van der Waals surface area contributed by atoms with Crippen molar-refractivity contribution in [2.45, 2.75) is 18.9 Å². The van der Waals surface area contributed by atoms with Gasteiger partial charge in [-0.25, -0.2) is 4.79 Å². The number of rotatable bonds is 4. The Morgan fingerprint density at radius 2 is 2.11 bits per heavy atom. The van der Waals surface area contributed by atoms with Crippen molar-refractivity contribution < 1.29 is 13.9 Å². The Morgan fingerprint density at radius 1 is 1.37 bits per heavy atom. The van der Waals surface area contributed by atoms with Crippen molar-refractivity contribution in [3.8, 4) is 11.8 Å². The molecule has 0 bridgehead atoms. The summed E-state index contributed by atoms with van der Waals surface area (Å²) in [5.74, 6) is 0.0326. The van der Waals surface area contributed by atoms with Crippen molar-refractivity contribution >= 4 is 34.5 Å². The highest BCUT2D eigenvalue weighted by molar-refractivity contribution is 7.98. The number of carbonyl (C=O) groups excluding carboxylic acids is 1. The summed E-state index contributed by atoms with van der Waals surface area (Å²) in [6.45, 7) is 3.29. The maximum absolute atomic E-state index is 12.5. The number of hydrogen-bond donors (Lipinski definition) is 1. The molecule has 2 aromatic heterocycles. The first-order valence-electron chi connectivity index (χ1n) is 7.89. The number of anilines is 1. The molecule has 9 heteroatoms.